The Bertz CT molecular complexity index is 931. The fourth-order valence-electron chi connectivity index (χ4n) is 2.71. The van der Waals surface area contributed by atoms with Gasteiger partial charge in [0.05, 0.1) is 18.1 Å². The molecule has 0 bridgehead atoms. The first kappa shape index (κ1) is 16.8. The molecule has 0 fully saturated rings. The van der Waals surface area contributed by atoms with Crippen LogP contribution in [-0.2, 0) is 11.8 Å². The molecule has 1 N–H and O–H groups in total. The normalized spacial score (nSPS) is 10.7. The van der Waals surface area contributed by atoms with Crippen LogP contribution in [0.25, 0.3) is 22.4 Å². The van der Waals surface area contributed by atoms with Crippen LogP contribution in [0.2, 0.25) is 0 Å². The molecule has 1 aromatic heterocycles. The van der Waals surface area contributed by atoms with Gasteiger partial charge < -0.3 is 19.4 Å². The molecule has 130 valence electrons. The summed E-state index contributed by atoms with van der Waals surface area (Å²) in [5.41, 5.74) is 4.11. The summed E-state index contributed by atoms with van der Waals surface area (Å²) in [5.74, 6) is 1.72. The van der Waals surface area contributed by atoms with Gasteiger partial charge in [0.2, 0.25) is 0 Å². The predicted molar refractivity (Wildman–Crippen MR) is 97.0 cm³/mol. The highest BCUT2D eigenvalue weighted by Gasteiger charge is 2.14. The third kappa shape index (κ3) is 3.28. The lowest BCUT2D eigenvalue weighted by Crippen LogP contribution is -2.24. The van der Waals surface area contributed by atoms with Crippen LogP contribution in [0.15, 0.2) is 36.4 Å². The molecule has 0 unspecified atom stereocenters. The molecule has 6 heteroatoms. The number of ether oxygens (including phenoxy) is 2. The van der Waals surface area contributed by atoms with Crippen LogP contribution in [-0.4, -0.2) is 36.2 Å². The van der Waals surface area contributed by atoms with E-state index in [4.69, 9.17) is 14.5 Å². The van der Waals surface area contributed by atoms with E-state index in [-0.39, 0.29) is 12.5 Å². The van der Waals surface area contributed by atoms with Gasteiger partial charge in [0.15, 0.2) is 18.1 Å². The van der Waals surface area contributed by atoms with Crippen molar-refractivity contribution in [3.05, 3.63) is 42.0 Å². The van der Waals surface area contributed by atoms with E-state index in [0.29, 0.717) is 11.5 Å². The SMILES string of the molecule is CNC(=O)COc1ccc(-c2nc3cc(C)ccc3n2C)cc1OC. The van der Waals surface area contributed by atoms with Gasteiger partial charge in [0, 0.05) is 19.7 Å². The van der Waals surface area contributed by atoms with Gasteiger partial charge in [-0.2, -0.15) is 0 Å². The molecule has 25 heavy (non-hydrogen) atoms. The smallest absolute Gasteiger partial charge is 0.257 e. The number of hydrogen-bond donors (Lipinski definition) is 1. The molecule has 0 spiro atoms. The Morgan fingerprint density at radius 3 is 2.72 bits per heavy atom. The van der Waals surface area contributed by atoms with Crippen LogP contribution in [0.5, 0.6) is 11.5 Å². The van der Waals surface area contributed by atoms with Gasteiger partial charge in [-0.15, -0.1) is 0 Å². The van der Waals surface area contributed by atoms with E-state index in [9.17, 15) is 4.79 Å². The van der Waals surface area contributed by atoms with Gasteiger partial charge in [-0.3, -0.25) is 4.79 Å². The molecule has 1 amide bonds. The van der Waals surface area contributed by atoms with Crippen LogP contribution in [0, 0.1) is 6.92 Å². The molecule has 0 aliphatic rings. The van der Waals surface area contributed by atoms with E-state index in [2.05, 4.69) is 35.0 Å². The first-order valence-electron chi connectivity index (χ1n) is 7.98. The second-order valence-electron chi connectivity index (χ2n) is 5.81. The number of aromatic nitrogens is 2. The van der Waals surface area contributed by atoms with Gasteiger partial charge in [-0.05, 0) is 42.8 Å². The van der Waals surface area contributed by atoms with Crippen molar-refractivity contribution in [2.75, 3.05) is 20.8 Å². The quantitative estimate of drug-likeness (QED) is 0.776. The number of methoxy groups -OCH3 is 1. The number of carbonyl (C=O) groups excluding carboxylic acids is 1. The third-order valence-corrected chi connectivity index (χ3v) is 4.10. The van der Waals surface area contributed by atoms with Crippen LogP contribution in [0.1, 0.15) is 5.56 Å². The number of carbonyl (C=O) groups is 1. The second-order valence-corrected chi connectivity index (χ2v) is 5.81. The van der Waals surface area contributed by atoms with Crippen molar-refractivity contribution in [1.82, 2.24) is 14.9 Å². The van der Waals surface area contributed by atoms with Crippen LogP contribution >= 0.6 is 0 Å². The van der Waals surface area contributed by atoms with Crippen molar-refractivity contribution < 1.29 is 14.3 Å². The largest absolute Gasteiger partial charge is 0.493 e. The number of aryl methyl sites for hydroxylation is 2. The molecule has 0 saturated heterocycles. The lowest BCUT2D eigenvalue weighted by atomic mass is 10.2. The molecule has 6 nitrogen and oxygen atoms in total. The van der Waals surface area contributed by atoms with Gasteiger partial charge >= 0.3 is 0 Å². The Labute approximate surface area is 146 Å². The number of nitrogens with one attached hydrogen (secondary N) is 1. The summed E-state index contributed by atoms with van der Waals surface area (Å²) in [5, 5.41) is 2.52. The van der Waals surface area contributed by atoms with E-state index in [1.165, 1.54) is 5.56 Å². The van der Waals surface area contributed by atoms with Crippen molar-refractivity contribution >= 4 is 16.9 Å². The van der Waals surface area contributed by atoms with Crippen molar-refractivity contribution in [3.8, 4) is 22.9 Å². The number of benzene rings is 2. The minimum absolute atomic E-state index is 0.0578. The first-order chi connectivity index (χ1) is 12.0. The van der Waals surface area contributed by atoms with Crippen molar-refractivity contribution in [1.29, 1.82) is 0 Å². The molecule has 0 radical (unpaired) electrons. The highest BCUT2D eigenvalue weighted by molar-refractivity contribution is 5.81. The monoisotopic (exact) mass is 339 g/mol. The van der Waals surface area contributed by atoms with Gasteiger partial charge in [0.25, 0.3) is 5.91 Å². The molecular formula is C19H21N3O3. The zero-order chi connectivity index (χ0) is 18.0. The standard InChI is InChI=1S/C19H21N3O3/c1-12-5-7-15-14(9-12)21-19(22(15)3)13-6-8-16(17(10-13)24-4)25-11-18(23)20-2/h5-10H,11H2,1-4H3,(H,20,23). The zero-order valence-corrected chi connectivity index (χ0v) is 14.8. The summed E-state index contributed by atoms with van der Waals surface area (Å²) in [4.78, 5) is 16.1. The number of likely N-dealkylation sites (N-methyl/N-ethyl adjacent to an activating group) is 1. The molecule has 2 aromatic carbocycles. The van der Waals surface area contributed by atoms with E-state index < -0.39 is 0 Å². The summed E-state index contributed by atoms with van der Waals surface area (Å²) in [6, 6.07) is 11.8. The molecule has 0 aliphatic heterocycles. The van der Waals surface area contributed by atoms with E-state index in [1.54, 1.807) is 20.2 Å². The summed E-state index contributed by atoms with van der Waals surface area (Å²) in [7, 11) is 5.13. The summed E-state index contributed by atoms with van der Waals surface area (Å²) in [6.45, 7) is 1.99. The average molecular weight is 339 g/mol. The topological polar surface area (TPSA) is 65.4 Å². The minimum Gasteiger partial charge on any atom is -0.493 e. The Hall–Kier alpha value is -3.02. The van der Waals surface area contributed by atoms with Crippen molar-refractivity contribution in [3.63, 3.8) is 0 Å². The molecule has 0 saturated carbocycles. The number of imidazole rings is 1. The minimum atomic E-state index is -0.197. The molecule has 3 aromatic rings. The maximum atomic E-state index is 11.4. The maximum Gasteiger partial charge on any atom is 0.257 e. The Morgan fingerprint density at radius 2 is 2.00 bits per heavy atom. The van der Waals surface area contributed by atoms with E-state index in [0.717, 1.165) is 22.4 Å². The van der Waals surface area contributed by atoms with Gasteiger partial charge in [-0.25, -0.2) is 4.98 Å². The lowest BCUT2D eigenvalue weighted by Gasteiger charge is -2.11. The van der Waals surface area contributed by atoms with Gasteiger partial charge in [-0.1, -0.05) is 6.07 Å². The van der Waals surface area contributed by atoms with Crippen molar-refractivity contribution in [2.24, 2.45) is 7.05 Å². The fourth-order valence-corrected chi connectivity index (χ4v) is 2.71. The predicted octanol–water partition coefficient (Wildman–Crippen LogP) is 2.68. The van der Waals surface area contributed by atoms with E-state index >= 15 is 0 Å². The summed E-state index contributed by atoms with van der Waals surface area (Å²) in [6.07, 6.45) is 0. The summed E-state index contributed by atoms with van der Waals surface area (Å²) < 4.78 is 13.0. The number of amides is 1. The Morgan fingerprint density at radius 1 is 1.20 bits per heavy atom. The Balaban J connectivity index is 1.98. The number of rotatable bonds is 5. The highest BCUT2D eigenvalue weighted by atomic mass is 16.5. The molecule has 0 atom stereocenters. The second kappa shape index (κ2) is 6.84. The highest BCUT2D eigenvalue weighted by Crippen LogP contribution is 2.33. The molecule has 0 aliphatic carbocycles. The molecular weight excluding hydrogens is 318 g/mol. The van der Waals surface area contributed by atoms with Gasteiger partial charge in [0.1, 0.15) is 5.82 Å². The zero-order valence-electron chi connectivity index (χ0n) is 14.8. The third-order valence-electron chi connectivity index (χ3n) is 4.10. The number of hydrogen-bond acceptors (Lipinski definition) is 4. The number of nitrogens with zero attached hydrogens (tertiary/aromatic N) is 2. The Kier molecular flexibility index (Phi) is 4.61. The summed E-state index contributed by atoms with van der Waals surface area (Å²) >= 11 is 0. The van der Waals surface area contributed by atoms with Crippen molar-refractivity contribution in [2.45, 2.75) is 6.92 Å². The van der Waals surface area contributed by atoms with E-state index in [1.807, 2.05) is 19.2 Å². The van der Waals surface area contributed by atoms with Crippen LogP contribution < -0.4 is 14.8 Å². The lowest BCUT2D eigenvalue weighted by molar-refractivity contribution is -0.122. The number of fused-ring (bicyclic) bond motifs is 1. The average Bonchev–Trinajstić information content (AvgIpc) is 2.95. The maximum absolute atomic E-state index is 11.4. The first-order valence-corrected chi connectivity index (χ1v) is 7.98. The molecule has 3 rings (SSSR count). The van der Waals surface area contributed by atoms with Crippen LogP contribution in [0.4, 0.5) is 0 Å². The fraction of sp³-hybridized carbons (Fsp3) is 0.263. The van der Waals surface area contributed by atoms with Crippen LogP contribution in [0.3, 0.4) is 0 Å². The molecule has 1 heterocycles.